The minimum absolute atomic E-state index is 0.0663. The second-order valence-corrected chi connectivity index (χ2v) is 6.75. The maximum atomic E-state index is 5.29. The number of rotatable bonds is 5. The standard InChI is InChI=1S/C23H22N6/c24-23(25)27-26-16-17-11-13-20(14-12-17)29-22(19-9-5-2-6-10-19)15-21(28-29)18-7-3-1-4-8-18/h1-14,16,22H,15H2,(H4,24,25,27)/b26-16+. The molecule has 144 valence electrons. The van der Waals surface area contributed by atoms with E-state index in [0.717, 1.165) is 28.9 Å². The molecular weight excluding hydrogens is 360 g/mol. The van der Waals surface area contributed by atoms with Gasteiger partial charge in [0.15, 0.2) is 0 Å². The fourth-order valence-electron chi connectivity index (χ4n) is 3.36. The van der Waals surface area contributed by atoms with Crippen LogP contribution in [0.5, 0.6) is 0 Å². The van der Waals surface area contributed by atoms with Gasteiger partial charge < -0.3 is 11.5 Å². The Morgan fingerprint density at radius 2 is 1.55 bits per heavy atom. The summed E-state index contributed by atoms with van der Waals surface area (Å²) >= 11 is 0. The molecule has 1 heterocycles. The first-order valence-corrected chi connectivity index (χ1v) is 9.40. The van der Waals surface area contributed by atoms with E-state index in [-0.39, 0.29) is 12.0 Å². The van der Waals surface area contributed by atoms with Gasteiger partial charge in [-0.2, -0.15) is 10.2 Å². The molecule has 4 rings (SSSR count). The molecule has 6 nitrogen and oxygen atoms in total. The van der Waals surface area contributed by atoms with Crippen LogP contribution in [0.25, 0.3) is 0 Å². The summed E-state index contributed by atoms with van der Waals surface area (Å²) in [6, 6.07) is 28.9. The molecule has 0 fully saturated rings. The smallest absolute Gasteiger partial charge is 0.211 e. The Hall–Kier alpha value is -3.93. The second-order valence-electron chi connectivity index (χ2n) is 6.75. The Balaban J connectivity index is 1.65. The fraction of sp³-hybridized carbons (Fsp3) is 0.0870. The Bertz CT molecular complexity index is 1040. The summed E-state index contributed by atoms with van der Waals surface area (Å²) in [6.07, 6.45) is 2.46. The summed E-state index contributed by atoms with van der Waals surface area (Å²) in [7, 11) is 0. The van der Waals surface area contributed by atoms with Gasteiger partial charge >= 0.3 is 0 Å². The molecule has 0 saturated heterocycles. The van der Waals surface area contributed by atoms with Crippen LogP contribution in [0.3, 0.4) is 0 Å². The van der Waals surface area contributed by atoms with Gasteiger partial charge in [0.2, 0.25) is 5.96 Å². The number of hydrazone groups is 1. The van der Waals surface area contributed by atoms with Crippen LogP contribution in [0.1, 0.15) is 29.2 Å². The monoisotopic (exact) mass is 382 g/mol. The van der Waals surface area contributed by atoms with Crippen LogP contribution in [0.4, 0.5) is 5.69 Å². The van der Waals surface area contributed by atoms with Gasteiger partial charge in [0.05, 0.1) is 23.7 Å². The van der Waals surface area contributed by atoms with Gasteiger partial charge in [-0.15, -0.1) is 5.10 Å². The zero-order valence-corrected chi connectivity index (χ0v) is 15.9. The number of anilines is 1. The van der Waals surface area contributed by atoms with Gasteiger partial charge in [0.25, 0.3) is 0 Å². The average Bonchev–Trinajstić information content (AvgIpc) is 3.21. The van der Waals surface area contributed by atoms with E-state index >= 15 is 0 Å². The Morgan fingerprint density at radius 1 is 0.897 bits per heavy atom. The molecule has 0 amide bonds. The van der Waals surface area contributed by atoms with Crippen molar-refractivity contribution in [2.75, 3.05) is 5.01 Å². The number of hydrogen-bond donors (Lipinski definition) is 2. The van der Waals surface area contributed by atoms with Gasteiger partial charge in [0, 0.05) is 6.42 Å². The molecule has 3 aromatic rings. The molecule has 0 saturated carbocycles. The molecule has 1 aliphatic heterocycles. The van der Waals surface area contributed by atoms with E-state index in [1.807, 2.05) is 48.5 Å². The molecule has 0 bridgehead atoms. The van der Waals surface area contributed by atoms with Gasteiger partial charge in [-0.05, 0) is 28.8 Å². The lowest BCUT2D eigenvalue weighted by atomic mass is 9.98. The first-order valence-electron chi connectivity index (χ1n) is 9.40. The summed E-state index contributed by atoms with van der Waals surface area (Å²) in [5, 5.41) is 14.5. The van der Waals surface area contributed by atoms with Crippen LogP contribution >= 0.6 is 0 Å². The largest absolute Gasteiger partial charge is 0.369 e. The Kier molecular flexibility index (Phi) is 5.33. The molecule has 3 aromatic carbocycles. The summed E-state index contributed by atoms with van der Waals surface area (Å²) < 4.78 is 0. The van der Waals surface area contributed by atoms with E-state index < -0.39 is 0 Å². The van der Waals surface area contributed by atoms with Crippen LogP contribution in [-0.2, 0) is 0 Å². The summed E-state index contributed by atoms with van der Waals surface area (Å²) in [5.74, 6) is -0.0663. The van der Waals surface area contributed by atoms with Crippen molar-refractivity contribution in [1.29, 1.82) is 0 Å². The van der Waals surface area contributed by atoms with E-state index in [9.17, 15) is 0 Å². The van der Waals surface area contributed by atoms with Crippen molar-refractivity contribution in [2.24, 2.45) is 26.8 Å². The molecule has 29 heavy (non-hydrogen) atoms. The van der Waals surface area contributed by atoms with E-state index in [1.165, 1.54) is 5.56 Å². The number of nitrogens with zero attached hydrogens (tertiary/aromatic N) is 4. The number of benzene rings is 3. The van der Waals surface area contributed by atoms with E-state index in [4.69, 9.17) is 16.6 Å². The third-order valence-electron chi connectivity index (χ3n) is 4.74. The number of nitrogens with two attached hydrogens (primary N) is 2. The summed E-state index contributed by atoms with van der Waals surface area (Å²) in [5.41, 5.74) is 16.0. The third kappa shape index (κ3) is 4.32. The van der Waals surface area contributed by atoms with Crippen molar-refractivity contribution in [2.45, 2.75) is 12.5 Å². The highest BCUT2D eigenvalue weighted by molar-refractivity contribution is 6.03. The maximum Gasteiger partial charge on any atom is 0.211 e. The van der Waals surface area contributed by atoms with Crippen molar-refractivity contribution in [1.82, 2.24) is 0 Å². The van der Waals surface area contributed by atoms with Crippen LogP contribution < -0.4 is 16.5 Å². The number of hydrogen-bond acceptors (Lipinski definition) is 4. The van der Waals surface area contributed by atoms with E-state index in [0.29, 0.717) is 0 Å². The van der Waals surface area contributed by atoms with Crippen molar-refractivity contribution in [3.05, 3.63) is 102 Å². The van der Waals surface area contributed by atoms with Crippen LogP contribution in [0.15, 0.2) is 100 Å². The van der Waals surface area contributed by atoms with Gasteiger partial charge in [0.1, 0.15) is 0 Å². The van der Waals surface area contributed by atoms with E-state index in [1.54, 1.807) is 6.21 Å². The topological polar surface area (TPSA) is 92.4 Å². The molecule has 0 radical (unpaired) electrons. The highest BCUT2D eigenvalue weighted by Crippen LogP contribution is 2.36. The summed E-state index contributed by atoms with van der Waals surface area (Å²) in [6.45, 7) is 0. The minimum Gasteiger partial charge on any atom is -0.369 e. The van der Waals surface area contributed by atoms with Crippen LogP contribution in [0, 0.1) is 0 Å². The lowest BCUT2D eigenvalue weighted by molar-refractivity contribution is 0.709. The van der Waals surface area contributed by atoms with Crippen molar-refractivity contribution in [3.63, 3.8) is 0 Å². The fourth-order valence-corrected chi connectivity index (χ4v) is 3.36. The minimum atomic E-state index is -0.0663. The maximum absolute atomic E-state index is 5.29. The quantitative estimate of drug-likeness (QED) is 0.401. The summed E-state index contributed by atoms with van der Waals surface area (Å²) in [4.78, 5) is 0. The molecule has 6 heteroatoms. The lowest BCUT2D eigenvalue weighted by Gasteiger charge is -2.24. The molecule has 0 aromatic heterocycles. The molecule has 1 unspecified atom stereocenters. The second kappa shape index (κ2) is 8.39. The first kappa shape index (κ1) is 18.4. The zero-order chi connectivity index (χ0) is 20.1. The van der Waals surface area contributed by atoms with Gasteiger partial charge in [-0.1, -0.05) is 72.8 Å². The normalized spacial score (nSPS) is 16.1. The predicted molar refractivity (Wildman–Crippen MR) is 119 cm³/mol. The molecule has 4 N–H and O–H groups in total. The van der Waals surface area contributed by atoms with Crippen LogP contribution in [0.2, 0.25) is 0 Å². The molecule has 1 aliphatic rings. The molecule has 0 spiro atoms. The van der Waals surface area contributed by atoms with Gasteiger partial charge in [-0.25, -0.2) is 0 Å². The average molecular weight is 382 g/mol. The Morgan fingerprint density at radius 3 is 2.21 bits per heavy atom. The van der Waals surface area contributed by atoms with Crippen molar-refractivity contribution >= 4 is 23.6 Å². The van der Waals surface area contributed by atoms with Crippen molar-refractivity contribution in [3.8, 4) is 0 Å². The molecule has 1 atom stereocenters. The highest BCUT2D eigenvalue weighted by Gasteiger charge is 2.29. The SMILES string of the molecule is NC(N)=N/N=C/c1ccc(N2N=C(c3ccccc3)CC2c2ccccc2)cc1. The van der Waals surface area contributed by atoms with Crippen LogP contribution in [-0.4, -0.2) is 17.9 Å². The molecule has 0 aliphatic carbocycles. The zero-order valence-electron chi connectivity index (χ0n) is 15.9. The van der Waals surface area contributed by atoms with E-state index in [2.05, 4.69) is 51.6 Å². The number of guanidine groups is 1. The lowest BCUT2D eigenvalue weighted by Crippen LogP contribution is -2.21. The Labute approximate surface area is 169 Å². The first-order chi connectivity index (χ1) is 14.2. The van der Waals surface area contributed by atoms with Gasteiger partial charge in [-0.3, -0.25) is 5.01 Å². The van der Waals surface area contributed by atoms with Crippen molar-refractivity contribution < 1.29 is 0 Å². The molecular formula is C23H22N6. The third-order valence-corrected chi connectivity index (χ3v) is 4.74. The predicted octanol–water partition coefficient (Wildman–Crippen LogP) is 3.65. The highest BCUT2D eigenvalue weighted by atomic mass is 15.5.